The van der Waals surface area contributed by atoms with Crippen molar-refractivity contribution in [1.29, 1.82) is 0 Å². The second kappa shape index (κ2) is 6.79. The van der Waals surface area contributed by atoms with Gasteiger partial charge in [-0.3, -0.25) is 9.59 Å². The Hall–Kier alpha value is -1.84. The molecule has 0 unspecified atom stereocenters. The van der Waals surface area contributed by atoms with E-state index in [-0.39, 0.29) is 12.5 Å². The largest absolute Gasteiger partial charge is 0.480 e. The van der Waals surface area contributed by atoms with E-state index in [2.05, 4.69) is 0 Å². The number of unbranched alkanes of at least 4 members (excludes halogenated alkanes) is 1. The Bertz CT molecular complexity index is 412. The van der Waals surface area contributed by atoms with Crippen molar-refractivity contribution >= 4 is 17.6 Å². The number of anilines is 1. The molecule has 0 spiro atoms. The van der Waals surface area contributed by atoms with Crippen LogP contribution in [0.2, 0.25) is 0 Å². The van der Waals surface area contributed by atoms with E-state index in [0.717, 1.165) is 18.4 Å². The first-order valence-corrected chi connectivity index (χ1v) is 6.13. The molecule has 0 aliphatic carbocycles. The van der Waals surface area contributed by atoms with Crippen molar-refractivity contribution in [2.45, 2.75) is 33.1 Å². The summed E-state index contributed by atoms with van der Waals surface area (Å²) < 4.78 is 0. The van der Waals surface area contributed by atoms with E-state index >= 15 is 0 Å². The van der Waals surface area contributed by atoms with Gasteiger partial charge in [0.15, 0.2) is 0 Å². The van der Waals surface area contributed by atoms with Gasteiger partial charge in [-0.15, -0.1) is 0 Å². The molecule has 4 heteroatoms. The van der Waals surface area contributed by atoms with E-state index < -0.39 is 5.97 Å². The molecule has 98 valence electrons. The highest BCUT2D eigenvalue weighted by Crippen LogP contribution is 2.16. The number of carboxylic acid groups (broad SMARTS) is 1. The van der Waals surface area contributed by atoms with E-state index in [4.69, 9.17) is 5.11 Å². The van der Waals surface area contributed by atoms with Crippen molar-refractivity contribution in [1.82, 2.24) is 0 Å². The van der Waals surface area contributed by atoms with Crippen molar-refractivity contribution in [3.8, 4) is 0 Å². The van der Waals surface area contributed by atoms with Gasteiger partial charge in [-0.05, 0) is 25.5 Å². The van der Waals surface area contributed by atoms with Crippen molar-refractivity contribution in [2.24, 2.45) is 0 Å². The van der Waals surface area contributed by atoms with Gasteiger partial charge < -0.3 is 10.0 Å². The van der Waals surface area contributed by atoms with Gasteiger partial charge in [0, 0.05) is 12.1 Å². The van der Waals surface area contributed by atoms with Crippen molar-refractivity contribution in [3.63, 3.8) is 0 Å². The van der Waals surface area contributed by atoms with Crippen LogP contribution in [0, 0.1) is 6.92 Å². The molecular weight excluding hydrogens is 230 g/mol. The van der Waals surface area contributed by atoms with Gasteiger partial charge in [0.05, 0.1) is 0 Å². The maximum absolute atomic E-state index is 12.0. The lowest BCUT2D eigenvalue weighted by Crippen LogP contribution is -2.35. The van der Waals surface area contributed by atoms with Crippen molar-refractivity contribution in [2.75, 3.05) is 11.4 Å². The molecule has 1 aromatic rings. The topological polar surface area (TPSA) is 57.6 Å². The molecule has 0 aromatic heterocycles. The molecule has 0 heterocycles. The summed E-state index contributed by atoms with van der Waals surface area (Å²) in [5, 5.41) is 8.88. The van der Waals surface area contributed by atoms with Gasteiger partial charge >= 0.3 is 5.97 Å². The van der Waals surface area contributed by atoms with Crippen molar-refractivity contribution < 1.29 is 14.7 Å². The zero-order valence-electron chi connectivity index (χ0n) is 10.8. The fourth-order valence-electron chi connectivity index (χ4n) is 1.65. The second-order valence-corrected chi connectivity index (χ2v) is 4.31. The van der Waals surface area contributed by atoms with Crippen LogP contribution in [0.15, 0.2) is 24.3 Å². The van der Waals surface area contributed by atoms with Gasteiger partial charge in [-0.25, -0.2) is 0 Å². The van der Waals surface area contributed by atoms with Gasteiger partial charge in [0.25, 0.3) is 0 Å². The van der Waals surface area contributed by atoms with Crippen LogP contribution in [0.1, 0.15) is 31.7 Å². The lowest BCUT2D eigenvalue weighted by Gasteiger charge is -2.21. The number of hydrogen-bond donors (Lipinski definition) is 1. The summed E-state index contributed by atoms with van der Waals surface area (Å²) in [5.74, 6) is -1.14. The Labute approximate surface area is 107 Å². The number of rotatable bonds is 6. The molecule has 0 bridgehead atoms. The third-order valence-corrected chi connectivity index (χ3v) is 2.68. The summed E-state index contributed by atoms with van der Waals surface area (Å²) in [6.45, 7) is 3.66. The summed E-state index contributed by atoms with van der Waals surface area (Å²) in [4.78, 5) is 24.2. The Kier molecular flexibility index (Phi) is 5.36. The monoisotopic (exact) mass is 249 g/mol. The molecule has 1 rings (SSSR count). The summed E-state index contributed by atoms with van der Waals surface area (Å²) in [6.07, 6.45) is 2.08. The number of aryl methyl sites for hydroxylation is 1. The molecule has 0 saturated carbocycles. The first-order valence-electron chi connectivity index (χ1n) is 6.13. The van der Waals surface area contributed by atoms with Crippen LogP contribution in [0.5, 0.6) is 0 Å². The number of hydrogen-bond acceptors (Lipinski definition) is 2. The van der Waals surface area contributed by atoms with E-state index in [9.17, 15) is 9.59 Å². The van der Waals surface area contributed by atoms with E-state index in [1.165, 1.54) is 4.90 Å². The third kappa shape index (κ3) is 4.20. The first-order chi connectivity index (χ1) is 8.54. The van der Waals surface area contributed by atoms with Crippen molar-refractivity contribution in [3.05, 3.63) is 29.8 Å². The molecule has 0 atom stereocenters. The fourth-order valence-corrected chi connectivity index (χ4v) is 1.65. The standard InChI is InChI=1S/C14H19NO3/c1-3-4-5-13(16)15(10-14(17)18)12-8-6-11(2)7-9-12/h6-9H,3-5,10H2,1-2H3,(H,17,18). The number of nitrogens with zero attached hydrogens (tertiary/aromatic N) is 1. The molecule has 1 aromatic carbocycles. The number of aliphatic carboxylic acids is 1. The van der Waals surface area contributed by atoms with E-state index in [1.54, 1.807) is 12.1 Å². The Balaban J connectivity index is 2.86. The molecule has 0 fully saturated rings. The first kappa shape index (κ1) is 14.2. The molecular formula is C14H19NO3. The van der Waals surface area contributed by atoms with E-state index in [1.807, 2.05) is 26.0 Å². The van der Waals surface area contributed by atoms with Gasteiger partial charge in [-0.2, -0.15) is 0 Å². The highest BCUT2D eigenvalue weighted by atomic mass is 16.4. The van der Waals surface area contributed by atoms with Crippen LogP contribution in [0.3, 0.4) is 0 Å². The Morgan fingerprint density at radius 1 is 1.22 bits per heavy atom. The third-order valence-electron chi connectivity index (χ3n) is 2.68. The highest BCUT2D eigenvalue weighted by molar-refractivity contribution is 5.97. The molecule has 0 aliphatic rings. The zero-order chi connectivity index (χ0) is 13.5. The maximum Gasteiger partial charge on any atom is 0.323 e. The summed E-state index contributed by atoms with van der Waals surface area (Å²) in [6, 6.07) is 7.30. The van der Waals surface area contributed by atoms with E-state index in [0.29, 0.717) is 12.1 Å². The smallest absolute Gasteiger partial charge is 0.323 e. The number of amides is 1. The van der Waals surface area contributed by atoms with Crippen LogP contribution in [-0.4, -0.2) is 23.5 Å². The Morgan fingerprint density at radius 2 is 1.83 bits per heavy atom. The minimum Gasteiger partial charge on any atom is -0.480 e. The molecule has 0 aliphatic heterocycles. The van der Waals surface area contributed by atoms with Crippen LogP contribution in [-0.2, 0) is 9.59 Å². The number of carbonyl (C=O) groups is 2. The molecule has 0 radical (unpaired) electrons. The normalized spacial score (nSPS) is 10.1. The van der Waals surface area contributed by atoms with Crippen LogP contribution in [0.25, 0.3) is 0 Å². The molecule has 1 N–H and O–H groups in total. The van der Waals surface area contributed by atoms with Gasteiger partial charge in [0.1, 0.15) is 6.54 Å². The minimum atomic E-state index is -1.000. The second-order valence-electron chi connectivity index (χ2n) is 4.31. The lowest BCUT2D eigenvalue weighted by molar-refractivity contribution is -0.136. The predicted octanol–water partition coefficient (Wildman–Crippen LogP) is 2.60. The van der Waals surface area contributed by atoms with Crippen LogP contribution < -0.4 is 4.90 Å². The average Bonchev–Trinajstić information content (AvgIpc) is 2.34. The van der Waals surface area contributed by atoms with Gasteiger partial charge in [0.2, 0.25) is 5.91 Å². The predicted molar refractivity (Wildman–Crippen MR) is 70.7 cm³/mol. The highest BCUT2D eigenvalue weighted by Gasteiger charge is 2.17. The van der Waals surface area contributed by atoms with Gasteiger partial charge in [-0.1, -0.05) is 31.0 Å². The summed E-state index contributed by atoms with van der Waals surface area (Å²) in [5.41, 5.74) is 1.72. The maximum atomic E-state index is 12.0. The summed E-state index contributed by atoms with van der Waals surface area (Å²) in [7, 11) is 0. The quantitative estimate of drug-likeness (QED) is 0.843. The molecule has 1 amide bonds. The zero-order valence-corrected chi connectivity index (χ0v) is 10.8. The van der Waals surface area contributed by atoms with Crippen LogP contribution in [0.4, 0.5) is 5.69 Å². The minimum absolute atomic E-state index is 0.136. The molecule has 4 nitrogen and oxygen atoms in total. The lowest BCUT2D eigenvalue weighted by atomic mass is 10.2. The Morgan fingerprint density at radius 3 is 2.33 bits per heavy atom. The number of carboxylic acids is 1. The fraction of sp³-hybridized carbons (Fsp3) is 0.429. The number of carbonyl (C=O) groups excluding carboxylic acids is 1. The van der Waals surface area contributed by atoms with Crippen LogP contribution >= 0.6 is 0 Å². The molecule has 18 heavy (non-hydrogen) atoms. The number of benzene rings is 1. The summed E-state index contributed by atoms with van der Waals surface area (Å²) >= 11 is 0. The SMILES string of the molecule is CCCCC(=O)N(CC(=O)O)c1ccc(C)cc1. The average molecular weight is 249 g/mol. The molecule has 0 saturated heterocycles.